The van der Waals surface area contributed by atoms with Gasteiger partial charge in [-0.15, -0.1) is 0 Å². The van der Waals surface area contributed by atoms with Gasteiger partial charge in [-0.05, 0) is 61.9 Å². The number of para-hydroxylation sites is 1. The zero-order valence-corrected chi connectivity index (χ0v) is 18.7. The molecule has 6 nitrogen and oxygen atoms in total. The third kappa shape index (κ3) is 5.41. The Balaban J connectivity index is 1.43. The number of hydrogen-bond acceptors (Lipinski definition) is 4. The fourth-order valence-corrected chi connectivity index (χ4v) is 3.52. The van der Waals surface area contributed by atoms with E-state index in [1.807, 2.05) is 74.5 Å². The fraction of sp³-hybridized carbons (Fsp3) is 0.185. The van der Waals surface area contributed by atoms with Gasteiger partial charge in [0.2, 0.25) is 0 Å². The van der Waals surface area contributed by atoms with Gasteiger partial charge in [0.1, 0.15) is 17.1 Å². The Morgan fingerprint density at radius 1 is 0.848 bits per heavy atom. The molecule has 33 heavy (non-hydrogen) atoms. The number of benzene rings is 3. The quantitative estimate of drug-likeness (QED) is 0.314. The molecule has 3 aromatic carbocycles. The van der Waals surface area contributed by atoms with Gasteiger partial charge in [-0.2, -0.15) is 0 Å². The van der Waals surface area contributed by atoms with Crippen LogP contribution in [0, 0.1) is 13.8 Å². The van der Waals surface area contributed by atoms with Crippen molar-refractivity contribution in [3.63, 3.8) is 0 Å². The Bertz CT molecular complexity index is 1190. The van der Waals surface area contributed by atoms with E-state index in [-0.39, 0.29) is 5.57 Å². The van der Waals surface area contributed by atoms with E-state index in [4.69, 9.17) is 9.47 Å². The molecule has 3 aromatic rings. The van der Waals surface area contributed by atoms with E-state index in [0.717, 1.165) is 16.9 Å². The number of hydrogen-bond donors (Lipinski definition) is 1. The van der Waals surface area contributed by atoms with E-state index in [1.165, 1.54) is 5.01 Å². The second-order valence-corrected chi connectivity index (χ2v) is 7.88. The lowest BCUT2D eigenvalue weighted by Gasteiger charge is -2.14. The predicted molar refractivity (Wildman–Crippen MR) is 128 cm³/mol. The number of carbonyl (C=O) groups is 2. The molecule has 0 bridgehead atoms. The lowest BCUT2D eigenvalue weighted by Crippen LogP contribution is -2.35. The van der Waals surface area contributed by atoms with E-state index in [9.17, 15) is 9.59 Å². The van der Waals surface area contributed by atoms with Gasteiger partial charge in [0.15, 0.2) is 0 Å². The molecule has 0 radical (unpaired) electrons. The predicted octanol–water partition coefficient (Wildman–Crippen LogP) is 4.61. The fourth-order valence-electron chi connectivity index (χ4n) is 3.52. The number of rotatable bonds is 8. The molecule has 1 saturated heterocycles. The topological polar surface area (TPSA) is 67.9 Å². The minimum Gasteiger partial charge on any atom is -0.493 e. The zero-order chi connectivity index (χ0) is 23.2. The number of nitrogens with zero attached hydrogens (tertiary/aromatic N) is 1. The van der Waals surface area contributed by atoms with Gasteiger partial charge in [0.25, 0.3) is 11.8 Å². The summed E-state index contributed by atoms with van der Waals surface area (Å²) in [5.74, 6) is 0.611. The summed E-state index contributed by atoms with van der Waals surface area (Å²) in [6, 6.07) is 22.6. The summed E-state index contributed by atoms with van der Waals surface area (Å²) < 4.78 is 11.7. The van der Waals surface area contributed by atoms with Gasteiger partial charge in [0.05, 0.1) is 18.9 Å². The molecule has 6 heteroatoms. The molecule has 0 atom stereocenters. The highest BCUT2D eigenvalue weighted by Crippen LogP contribution is 2.26. The number of anilines is 1. The molecular weight excluding hydrogens is 416 g/mol. The van der Waals surface area contributed by atoms with E-state index < -0.39 is 11.8 Å². The maximum absolute atomic E-state index is 12.9. The molecule has 4 rings (SSSR count). The molecular formula is C27H26N2O4. The summed E-state index contributed by atoms with van der Waals surface area (Å²) >= 11 is 0. The van der Waals surface area contributed by atoms with Crippen molar-refractivity contribution in [2.45, 2.75) is 20.3 Å². The summed E-state index contributed by atoms with van der Waals surface area (Å²) in [5, 5.41) is 1.26. The van der Waals surface area contributed by atoms with Crippen LogP contribution in [-0.2, 0) is 9.59 Å². The van der Waals surface area contributed by atoms with Crippen LogP contribution in [0.4, 0.5) is 5.69 Å². The number of amides is 2. The number of ether oxygens (including phenoxy) is 2. The Kier molecular flexibility index (Phi) is 6.74. The average molecular weight is 443 g/mol. The van der Waals surface area contributed by atoms with Crippen molar-refractivity contribution < 1.29 is 19.1 Å². The van der Waals surface area contributed by atoms with Crippen molar-refractivity contribution in [2.75, 3.05) is 18.2 Å². The molecule has 0 unspecified atom stereocenters. The molecule has 0 saturated carbocycles. The van der Waals surface area contributed by atoms with E-state index >= 15 is 0 Å². The Morgan fingerprint density at radius 3 is 2.39 bits per heavy atom. The summed E-state index contributed by atoms with van der Waals surface area (Å²) in [4.78, 5) is 25.4. The van der Waals surface area contributed by atoms with Crippen LogP contribution in [-0.4, -0.2) is 25.0 Å². The molecule has 168 valence electrons. The summed E-state index contributed by atoms with van der Waals surface area (Å²) in [5.41, 5.74) is 6.13. The van der Waals surface area contributed by atoms with E-state index in [2.05, 4.69) is 5.43 Å². The Hall–Kier alpha value is -4.06. The van der Waals surface area contributed by atoms with Crippen LogP contribution in [0.3, 0.4) is 0 Å². The highest BCUT2D eigenvalue weighted by molar-refractivity contribution is 6.31. The van der Waals surface area contributed by atoms with Gasteiger partial charge >= 0.3 is 0 Å². The number of carbonyl (C=O) groups excluding carboxylic acids is 2. The summed E-state index contributed by atoms with van der Waals surface area (Å²) in [6.07, 6.45) is 2.28. The van der Waals surface area contributed by atoms with E-state index in [1.54, 1.807) is 18.2 Å². The molecule has 0 spiro atoms. The van der Waals surface area contributed by atoms with Crippen LogP contribution in [0.15, 0.2) is 78.4 Å². The highest BCUT2D eigenvalue weighted by atomic mass is 16.5. The van der Waals surface area contributed by atoms with Crippen molar-refractivity contribution >= 4 is 23.6 Å². The smallest absolute Gasteiger partial charge is 0.282 e. The summed E-state index contributed by atoms with van der Waals surface area (Å²) in [7, 11) is 0. The Morgan fingerprint density at radius 2 is 1.61 bits per heavy atom. The first kappa shape index (κ1) is 22.1. The first-order chi connectivity index (χ1) is 16.0. The minimum absolute atomic E-state index is 0.0667. The number of hydrazine groups is 1. The van der Waals surface area contributed by atoms with Crippen LogP contribution in [0.5, 0.6) is 11.5 Å². The van der Waals surface area contributed by atoms with Gasteiger partial charge in [-0.3, -0.25) is 15.0 Å². The SMILES string of the molecule is Cc1cccc(OCCCOc2ccc(C)cc2C=C2C(=O)NN(c3ccccc3)C2=O)c1. The molecule has 1 aliphatic rings. The van der Waals surface area contributed by atoms with Gasteiger partial charge in [-0.25, -0.2) is 5.01 Å². The molecule has 1 heterocycles. The maximum Gasteiger partial charge on any atom is 0.282 e. The zero-order valence-electron chi connectivity index (χ0n) is 18.7. The third-order valence-electron chi connectivity index (χ3n) is 5.18. The molecule has 1 aliphatic heterocycles. The molecule has 1 N–H and O–H groups in total. The first-order valence-corrected chi connectivity index (χ1v) is 10.9. The Labute approximate surface area is 193 Å². The van der Waals surface area contributed by atoms with Crippen LogP contribution >= 0.6 is 0 Å². The van der Waals surface area contributed by atoms with Crippen LogP contribution < -0.4 is 19.9 Å². The molecule has 0 aliphatic carbocycles. The standard InChI is InChI=1S/C27H26N2O4/c1-19-8-6-11-23(17-19)32-14-7-15-33-25-13-12-20(2)16-21(25)18-24-26(30)28-29(27(24)31)22-9-4-3-5-10-22/h3-6,8-13,16-18H,7,14-15H2,1-2H3,(H,28,30). The number of nitrogens with one attached hydrogen (secondary N) is 1. The van der Waals surface area contributed by atoms with Crippen molar-refractivity contribution in [1.82, 2.24) is 5.43 Å². The summed E-state index contributed by atoms with van der Waals surface area (Å²) in [6.45, 7) is 4.95. The molecule has 2 amide bonds. The van der Waals surface area contributed by atoms with Crippen LogP contribution in [0.2, 0.25) is 0 Å². The monoisotopic (exact) mass is 442 g/mol. The normalized spacial score (nSPS) is 14.5. The number of aryl methyl sites for hydroxylation is 2. The largest absolute Gasteiger partial charge is 0.493 e. The van der Waals surface area contributed by atoms with Crippen molar-refractivity contribution in [3.05, 3.63) is 95.1 Å². The highest BCUT2D eigenvalue weighted by Gasteiger charge is 2.34. The average Bonchev–Trinajstić information content (AvgIpc) is 3.09. The lowest BCUT2D eigenvalue weighted by molar-refractivity contribution is -0.117. The van der Waals surface area contributed by atoms with Gasteiger partial charge < -0.3 is 9.47 Å². The van der Waals surface area contributed by atoms with E-state index in [0.29, 0.717) is 36.6 Å². The molecule has 0 aromatic heterocycles. The van der Waals surface area contributed by atoms with Gasteiger partial charge in [-0.1, -0.05) is 42.0 Å². The van der Waals surface area contributed by atoms with Crippen molar-refractivity contribution in [2.24, 2.45) is 0 Å². The van der Waals surface area contributed by atoms with Crippen molar-refractivity contribution in [1.29, 1.82) is 0 Å². The first-order valence-electron chi connectivity index (χ1n) is 10.9. The van der Waals surface area contributed by atoms with Crippen LogP contribution in [0.25, 0.3) is 6.08 Å². The lowest BCUT2D eigenvalue weighted by atomic mass is 10.1. The van der Waals surface area contributed by atoms with Gasteiger partial charge in [0, 0.05) is 12.0 Å². The van der Waals surface area contributed by atoms with Crippen LogP contribution in [0.1, 0.15) is 23.1 Å². The second-order valence-electron chi connectivity index (χ2n) is 7.88. The maximum atomic E-state index is 12.9. The third-order valence-corrected chi connectivity index (χ3v) is 5.18. The molecule has 1 fully saturated rings. The second kappa shape index (κ2) is 10.0. The van der Waals surface area contributed by atoms with Crippen molar-refractivity contribution in [3.8, 4) is 11.5 Å². The minimum atomic E-state index is -0.442.